The van der Waals surface area contributed by atoms with Gasteiger partial charge >= 0.3 is 0 Å². The lowest BCUT2D eigenvalue weighted by Gasteiger charge is -2.12. The first-order valence-electron chi connectivity index (χ1n) is 5.35. The molecular formula is C13H10Cl2F2N2. The van der Waals surface area contributed by atoms with Crippen molar-refractivity contribution in [2.45, 2.75) is 6.92 Å². The Bertz CT molecular complexity index is 622. The summed E-state index contributed by atoms with van der Waals surface area (Å²) in [5, 5.41) is 3.35. The summed E-state index contributed by atoms with van der Waals surface area (Å²) < 4.78 is 27.3. The highest BCUT2D eigenvalue weighted by molar-refractivity contribution is 6.35. The summed E-state index contributed by atoms with van der Waals surface area (Å²) in [6.45, 7) is 1.78. The second-order valence-electron chi connectivity index (χ2n) is 4.07. The van der Waals surface area contributed by atoms with Gasteiger partial charge in [0.2, 0.25) is 0 Å². The lowest BCUT2D eigenvalue weighted by atomic mass is 10.2. The molecule has 0 unspecified atom stereocenters. The number of rotatable bonds is 2. The molecule has 0 aliphatic heterocycles. The molecule has 100 valence electrons. The van der Waals surface area contributed by atoms with Crippen LogP contribution in [0, 0.1) is 18.6 Å². The number of hydrogen-bond donors (Lipinski definition) is 2. The van der Waals surface area contributed by atoms with E-state index in [0.29, 0.717) is 15.7 Å². The molecule has 0 spiro atoms. The SMILES string of the molecule is Cc1cc(Cl)c(Nc2c(F)cc(N)cc2F)cc1Cl. The van der Waals surface area contributed by atoms with Gasteiger partial charge in [0.05, 0.1) is 10.7 Å². The fraction of sp³-hybridized carbons (Fsp3) is 0.0769. The zero-order valence-corrected chi connectivity index (χ0v) is 11.4. The predicted molar refractivity (Wildman–Crippen MR) is 75.3 cm³/mol. The molecule has 3 N–H and O–H groups in total. The van der Waals surface area contributed by atoms with Crippen molar-refractivity contribution < 1.29 is 8.78 Å². The Kier molecular flexibility index (Phi) is 3.83. The second-order valence-corrected chi connectivity index (χ2v) is 4.88. The van der Waals surface area contributed by atoms with Crippen molar-refractivity contribution >= 4 is 40.3 Å². The van der Waals surface area contributed by atoms with E-state index in [1.807, 2.05) is 0 Å². The molecule has 0 radical (unpaired) electrons. The molecule has 2 aromatic carbocycles. The molecule has 6 heteroatoms. The van der Waals surface area contributed by atoms with E-state index in [9.17, 15) is 8.78 Å². The van der Waals surface area contributed by atoms with E-state index in [2.05, 4.69) is 5.32 Å². The number of aryl methyl sites for hydroxylation is 1. The van der Waals surface area contributed by atoms with Crippen LogP contribution in [0.3, 0.4) is 0 Å². The van der Waals surface area contributed by atoms with Crippen molar-refractivity contribution in [3.63, 3.8) is 0 Å². The summed E-state index contributed by atoms with van der Waals surface area (Å²) in [6, 6.07) is 5.16. The minimum Gasteiger partial charge on any atom is -0.399 e. The Morgan fingerprint density at radius 1 is 1.00 bits per heavy atom. The molecule has 0 amide bonds. The zero-order chi connectivity index (χ0) is 14.2. The summed E-state index contributed by atoms with van der Waals surface area (Å²) in [5.41, 5.74) is 6.12. The Balaban J connectivity index is 2.45. The van der Waals surface area contributed by atoms with Gasteiger partial charge in [0.15, 0.2) is 11.6 Å². The lowest BCUT2D eigenvalue weighted by Crippen LogP contribution is -2.00. The van der Waals surface area contributed by atoms with Gasteiger partial charge in [-0.25, -0.2) is 8.78 Å². The monoisotopic (exact) mass is 302 g/mol. The first kappa shape index (κ1) is 13.9. The van der Waals surface area contributed by atoms with Crippen LogP contribution in [-0.4, -0.2) is 0 Å². The normalized spacial score (nSPS) is 10.6. The van der Waals surface area contributed by atoms with Crippen molar-refractivity contribution in [3.05, 3.63) is 51.5 Å². The molecule has 0 aliphatic carbocycles. The maximum Gasteiger partial charge on any atom is 0.151 e. The molecule has 19 heavy (non-hydrogen) atoms. The van der Waals surface area contributed by atoms with Crippen molar-refractivity contribution in [2.24, 2.45) is 0 Å². The Hall–Kier alpha value is -1.52. The number of nitrogen functional groups attached to an aromatic ring is 1. The van der Waals surface area contributed by atoms with E-state index >= 15 is 0 Å². The van der Waals surface area contributed by atoms with E-state index in [1.54, 1.807) is 13.0 Å². The van der Waals surface area contributed by atoms with Crippen molar-refractivity contribution in [1.29, 1.82) is 0 Å². The quantitative estimate of drug-likeness (QED) is 0.774. The number of nitrogens with two attached hydrogens (primary N) is 1. The standard InChI is InChI=1S/C13H10Cl2F2N2/c1-6-2-9(15)12(5-8(6)14)19-13-10(16)3-7(18)4-11(13)17/h2-5,19H,18H2,1H3. The average Bonchev–Trinajstić information content (AvgIpc) is 2.29. The fourth-order valence-electron chi connectivity index (χ4n) is 1.59. The van der Waals surface area contributed by atoms with Crippen molar-refractivity contribution in [1.82, 2.24) is 0 Å². The molecule has 2 rings (SSSR count). The third-order valence-electron chi connectivity index (χ3n) is 2.57. The van der Waals surface area contributed by atoms with Gasteiger partial charge in [0, 0.05) is 10.7 Å². The number of benzene rings is 2. The molecule has 0 saturated carbocycles. The Morgan fingerprint density at radius 2 is 1.58 bits per heavy atom. The third kappa shape index (κ3) is 2.91. The summed E-state index contributed by atoms with van der Waals surface area (Å²) in [4.78, 5) is 0. The van der Waals surface area contributed by atoms with Crippen LogP contribution >= 0.6 is 23.2 Å². The van der Waals surface area contributed by atoms with Crippen LogP contribution in [-0.2, 0) is 0 Å². The van der Waals surface area contributed by atoms with E-state index < -0.39 is 11.6 Å². The highest BCUT2D eigenvalue weighted by Crippen LogP contribution is 2.33. The van der Waals surface area contributed by atoms with Crippen LogP contribution in [0.1, 0.15) is 5.56 Å². The van der Waals surface area contributed by atoms with E-state index in [1.165, 1.54) is 6.07 Å². The maximum atomic E-state index is 13.6. The smallest absolute Gasteiger partial charge is 0.151 e. The Morgan fingerprint density at radius 3 is 2.16 bits per heavy atom. The number of nitrogens with one attached hydrogen (secondary N) is 1. The lowest BCUT2D eigenvalue weighted by molar-refractivity contribution is 0.592. The second kappa shape index (κ2) is 5.23. The van der Waals surface area contributed by atoms with Crippen LogP contribution in [0.15, 0.2) is 24.3 Å². The third-order valence-corrected chi connectivity index (χ3v) is 3.29. The average molecular weight is 303 g/mol. The molecule has 0 heterocycles. The molecule has 0 aromatic heterocycles. The van der Waals surface area contributed by atoms with Gasteiger partial charge in [-0.2, -0.15) is 0 Å². The highest BCUT2D eigenvalue weighted by Gasteiger charge is 2.13. The summed E-state index contributed by atoms with van der Waals surface area (Å²) >= 11 is 11.9. The molecule has 0 aliphatic rings. The molecule has 0 atom stereocenters. The molecule has 2 aromatic rings. The van der Waals surface area contributed by atoms with Gasteiger partial charge in [-0.1, -0.05) is 23.2 Å². The van der Waals surface area contributed by atoms with Gasteiger partial charge in [-0.05, 0) is 36.8 Å². The van der Waals surface area contributed by atoms with Crippen LogP contribution in [0.25, 0.3) is 0 Å². The number of anilines is 3. The van der Waals surface area contributed by atoms with Crippen LogP contribution in [0.4, 0.5) is 25.8 Å². The van der Waals surface area contributed by atoms with Gasteiger partial charge in [0.25, 0.3) is 0 Å². The van der Waals surface area contributed by atoms with Gasteiger partial charge in [-0.15, -0.1) is 0 Å². The number of hydrogen-bond acceptors (Lipinski definition) is 2. The summed E-state index contributed by atoms with van der Waals surface area (Å²) in [7, 11) is 0. The highest BCUT2D eigenvalue weighted by atomic mass is 35.5. The van der Waals surface area contributed by atoms with E-state index in [-0.39, 0.29) is 11.4 Å². The first-order valence-corrected chi connectivity index (χ1v) is 6.11. The van der Waals surface area contributed by atoms with Gasteiger partial charge in [0.1, 0.15) is 5.69 Å². The largest absolute Gasteiger partial charge is 0.399 e. The molecule has 0 bridgehead atoms. The minimum absolute atomic E-state index is 0.00795. The molecule has 2 nitrogen and oxygen atoms in total. The molecule has 0 fully saturated rings. The predicted octanol–water partition coefficient (Wildman–Crippen LogP) is 4.91. The van der Waals surface area contributed by atoms with Gasteiger partial charge in [-0.3, -0.25) is 0 Å². The molecule has 0 saturated heterocycles. The topological polar surface area (TPSA) is 38.0 Å². The maximum absolute atomic E-state index is 13.6. The van der Waals surface area contributed by atoms with E-state index in [4.69, 9.17) is 28.9 Å². The van der Waals surface area contributed by atoms with E-state index in [0.717, 1.165) is 17.7 Å². The zero-order valence-electron chi connectivity index (χ0n) is 9.90. The first-order chi connectivity index (χ1) is 8.88. The Labute approximate surface area is 119 Å². The van der Waals surface area contributed by atoms with Crippen LogP contribution < -0.4 is 11.1 Å². The van der Waals surface area contributed by atoms with Crippen molar-refractivity contribution in [3.8, 4) is 0 Å². The van der Waals surface area contributed by atoms with Crippen LogP contribution in [0.5, 0.6) is 0 Å². The summed E-state index contributed by atoms with van der Waals surface area (Å²) in [6.07, 6.45) is 0. The van der Waals surface area contributed by atoms with Crippen LogP contribution in [0.2, 0.25) is 10.0 Å². The fourth-order valence-corrected chi connectivity index (χ4v) is 2.02. The summed E-state index contributed by atoms with van der Waals surface area (Å²) in [5.74, 6) is -1.60. The van der Waals surface area contributed by atoms with Crippen molar-refractivity contribution in [2.75, 3.05) is 11.1 Å². The van der Waals surface area contributed by atoms with Gasteiger partial charge < -0.3 is 11.1 Å². The molecular weight excluding hydrogens is 293 g/mol. The minimum atomic E-state index is -0.801. The number of halogens is 4.